The molecular weight excluding hydrogens is 501 g/mol. The van der Waals surface area contributed by atoms with Crippen molar-refractivity contribution in [3.63, 3.8) is 0 Å². The van der Waals surface area contributed by atoms with Crippen molar-refractivity contribution in [1.82, 2.24) is 10.5 Å². The zero-order valence-electron chi connectivity index (χ0n) is 20.4. The maximum atomic E-state index is 13.5. The smallest absolute Gasteiger partial charge is 0.369 e. The molecule has 0 aliphatic carbocycles. The Balaban J connectivity index is 1.72. The summed E-state index contributed by atoms with van der Waals surface area (Å²) in [5.74, 6) is -5.45. The lowest BCUT2D eigenvalue weighted by Gasteiger charge is -2.25. The van der Waals surface area contributed by atoms with E-state index < -0.39 is 54.6 Å². The quantitative estimate of drug-likeness (QED) is 0.464. The van der Waals surface area contributed by atoms with Crippen molar-refractivity contribution in [1.29, 1.82) is 0 Å². The summed E-state index contributed by atoms with van der Waals surface area (Å²) in [6, 6.07) is 16.2. The molecule has 11 heteroatoms. The zero-order chi connectivity index (χ0) is 27.4. The van der Waals surface area contributed by atoms with E-state index in [9.17, 15) is 27.6 Å². The van der Waals surface area contributed by atoms with E-state index in [1.54, 1.807) is 42.5 Å². The summed E-state index contributed by atoms with van der Waals surface area (Å²) in [6.07, 6.45) is -7.06. The van der Waals surface area contributed by atoms with E-state index in [4.69, 9.17) is 10.3 Å². The number of benzene rings is 2. The van der Waals surface area contributed by atoms with E-state index in [-0.39, 0.29) is 17.7 Å². The lowest BCUT2D eigenvalue weighted by atomic mass is 9.82. The summed E-state index contributed by atoms with van der Waals surface area (Å²) in [6.45, 7) is 1.48. The first-order valence-electron chi connectivity index (χ1n) is 11.9. The Morgan fingerprint density at radius 1 is 1.13 bits per heavy atom. The molecule has 3 atom stereocenters. The van der Waals surface area contributed by atoms with Crippen molar-refractivity contribution in [3.05, 3.63) is 88.8 Å². The van der Waals surface area contributed by atoms with Crippen molar-refractivity contribution < 1.29 is 32.1 Å². The van der Waals surface area contributed by atoms with E-state index in [0.717, 1.165) is 6.26 Å². The molecule has 4 rings (SSSR count). The second kappa shape index (κ2) is 11.0. The lowest BCUT2D eigenvalue weighted by molar-refractivity contribution is -0.144. The molecule has 3 N–H and O–H groups in total. The van der Waals surface area contributed by atoms with Crippen LogP contribution >= 0.6 is 0 Å². The highest BCUT2D eigenvalue weighted by atomic mass is 19.4. The van der Waals surface area contributed by atoms with Crippen molar-refractivity contribution >= 4 is 23.3 Å². The standard InChI is InChI=1S/C27H25F3N4O4/c1-15-20(14-38-34-15)22(24(31)36)19(11-12-27(28,29)30)26(37)33-25-21(35)13-17-9-5-6-10-18(17)23(32-25)16-7-3-2-4-8-16/h2-10,14,19,22,25H,11-13H2,1H3,(H2,31,36)(H,33,37)/t19-,22-,25-/m1/s1. The second-order valence-corrected chi connectivity index (χ2v) is 9.05. The molecule has 0 radical (unpaired) electrons. The molecule has 1 aliphatic heterocycles. The van der Waals surface area contributed by atoms with Crippen LogP contribution in [0, 0.1) is 12.8 Å². The number of nitrogens with zero attached hydrogens (tertiary/aromatic N) is 2. The largest absolute Gasteiger partial charge is 0.389 e. The van der Waals surface area contributed by atoms with Gasteiger partial charge in [0.1, 0.15) is 6.26 Å². The first-order valence-corrected chi connectivity index (χ1v) is 11.9. The third-order valence-corrected chi connectivity index (χ3v) is 6.43. The number of hydrogen-bond donors (Lipinski definition) is 2. The molecule has 0 saturated heterocycles. The summed E-state index contributed by atoms with van der Waals surface area (Å²) < 4.78 is 44.4. The molecule has 0 bridgehead atoms. The topological polar surface area (TPSA) is 128 Å². The predicted octanol–water partition coefficient (Wildman–Crippen LogP) is 3.62. The van der Waals surface area contributed by atoms with Gasteiger partial charge in [-0.1, -0.05) is 59.8 Å². The van der Waals surface area contributed by atoms with Crippen LogP contribution in [-0.2, 0) is 20.8 Å². The number of aryl methyl sites for hydroxylation is 1. The normalized spacial score (nSPS) is 17.1. The van der Waals surface area contributed by atoms with Crippen LogP contribution in [-0.4, -0.2) is 40.8 Å². The Bertz CT molecular complexity index is 1370. The van der Waals surface area contributed by atoms with Crippen LogP contribution in [0.1, 0.15) is 46.7 Å². The molecule has 198 valence electrons. The first-order chi connectivity index (χ1) is 18.0. The predicted molar refractivity (Wildman–Crippen MR) is 131 cm³/mol. The Kier molecular flexibility index (Phi) is 7.75. The fourth-order valence-corrected chi connectivity index (χ4v) is 4.58. The number of hydrogen-bond acceptors (Lipinski definition) is 6. The molecule has 1 aromatic heterocycles. The zero-order valence-corrected chi connectivity index (χ0v) is 20.4. The van der Waals surface area contributed by atoms with Gasteiger partial charge < -0.3 is 15.6 Å². The summed E-state index contributed by atoms with van der Waals surface area (Å²) in [4.78, 5) is 43.7. The maximum absolute atomic E-state index is 13.5. The van der Waals surface area contributed by atoms with E-state index in [2.05, 4.69) is 15.5 Å². The van der Waals surface area contributed by atoms with Crippen LogP contribution in [0.15, 0.2) is 70.4 Å². The number of aromatic nitrogens is 1. The molecule has 0 unspecified atom stereocenters. The minimum atomic E-state index is -4.59. The van der Waals surface area contributed by atoms with Crippen LogP contribution in [0.4, 0.5) is 13.2 Å². The van der Waals surface area contributed by atoms with E-state index in [0.29, 0.717) is 22.4 Å². The monoisotopic (exact) mass is 526 g/mol. The number of ketones is 1. The lowest BCUT2D eigenvalue weighted by Crippen LogP contribution is -2.46. The molecule has 0 spiro atoms. The second-order valence-electron chi connectivity index (χ2n) is 9.05. The molecule has 38 heavy (non-hydrogen) atoms. The molecule has 2 amide bonds. The number of carbonyl (C=O) groups excluding carboxylic acids is 3. The van der Waals surface area contributed by atoms with Crippen LogP contribution < -0.4 is 11.1 Å². The highest BCUT2D eigenvalue weighted by Crippen LogP contribution is 2.34. The summed E-state index contributed by atoms with van der Waals surface area (Å²) >= 11 is 0. The minimum absolute atomic E-state index is 0.0574. The van der Waals surface area contributed by atoms with Crippen LogP contribution in [0.3, 0.4) is 0 Å². The number of aliphatic imine (C=N–C) groups is 1. The SMILES string of the molecule is Cc1nocc1[C@H](C(N)=O)[C@@H](CCC(F)(F)F)C(=O)N[C@H]1N=C(c2ccccc2)c2ccccc2CC1=O. The van der Waals surface area contributed by atoms with Gasteiger partial charge >= 0.3 is 6.18 Å². The third kappa shape index (κ3) is 5.99. The third-order valence-electron chi connectivity index (χ3n) is 6.43. The number of fused-ring (bicyclic) bond motifs is 1. The number of Topliss-reactive ketones (excluding diaryl/α,β-unsaturated/α-hetero) is 1. The first kappa shape index (κ1) is 26.8. The van der Waals surface area contributed by atoms with Crippen molar-refractivity contribution in [2.75, 3.05) is 0 Å². The fourth-order valence-electron chi connectivity index (χ4n) is 4.58. The Hall–Kier alpha value is -4.28. The van der Waals surface area contributed by atoms with Crippen LogP contribution in [0.2, 0.25) is 0 Å². The van der Waals surface area contributed by atoms with Crippen molar-refractivity contribution in [2.24, 2.45) is 16.6 Å². The van der Waals surface area contributed by atoms with Crippen molar-refractivity contribution in [2.45, 2.75) is 44.4 Å². The molecule has 3 aromatic rings. The molecule has 1 aliphatic rings. The van der Waals surface area contributed by atoms with E-state index in [1.165, 1.54) is 6.92 Å². The number of halogens is 3. The number of amides is 2. The van der Waals surface area contributed by atoms with Gasteiger partial charge in [0.2, 0.25) is 11.8 Å². The Morgan fingerprint density at radius 3 is 2.45 bits per heavy atom. The summed E-state index contributed by atoms with van der Waals surface area (Å²) in [7, 11) is 0. The van der Waals surface area contributed by atoms with Gasteiger partial charge in [-0.15, -0.1) is 0 Å². The molecular formula is C27H25F3N4O4. The molecule has 2 heterocycles. The number of primary amides is 1. The Morgan fingerprint density at radius 2 is 1.82 bits per heavy atom. The Labute approximate surface area is 216 Å². The number of nitrogens with one attached hydrogen (secondary N) is 1. The van der Waals surface area contributed by atoms with Crippen LogP contribution in [0.5, 0.6) is 0 Å². The number of nitrogens with two attached hydrogens (primary N) is 1. The van der Waals surface area contributed by atoms with Gasteiger partial charge in [-0.2, -0.15) is 13.2 Å². The van der Waals surface area contributed by atoms with Gasteiger partial charge in [-0.25, -0.2) is 0 Å². The summed E-state index contributed by atoms with van der Waals surface area (Å²) in [5, 5.41) is 6.16. The number of carbonyl (C=O) groups is 3. The number of rotatable bonds is 8. The minimum Gasteiger partial charge on any atom is -0.369 e. The van der Waals surface area contributed by atoms with Gasteiger partial charge in [0.05, 0.1) is 23.2 Å². The molecule has 2 aromatic carbocycles. The van der Waals surface area contributed by atoms with Gasteiger partial charge in [0, 0.05) is 29.5 Å². The summed E-state index contributed by atoms with van der Waals surface area (Å²) in [5.41, 5.74) is 8.41. The fraction of sp³-hybridized carbons (Fsp3) is 0.296. The average molecular weight is 527 g/mol. The highest BCUT2D eigenvalue weighted by Gasteiger charge is 2.40. The van der Waals surface area contributed by atoms with E-state index >= 15 is 0 Å². The molecule has 8 nitrogen and oxygen atoms in total. The van der Waals surface area contributed by atoms with Crippen molar-refractivity contribution in [3.8, 4) is 0 Å². The van der Waals surface area contributed by atoms with E-state index in [1.807, 2.05) is 12.1 Å². The van der Waals surface area contributed by atoms with Gasteiger partial charge in [-0.05, 0) is 18.9 Å². The average Bonchev–Trinajstić information content (AvgIpc) is 3.23. The van der Waals surface area contributed by atoms with Gasteiger partial charge in [0.25, 0.3) is 0 Å². The van der Waals surface area contributed by atoms with Crippen LogP contribution in [0.25, 0.3) is 0 Å². The van der Waals surface area contributed by atoms with Gasteiger partial charge in [-0.3, -0.25) is 19.4 Å². The van der Waals surface area contributed by atoms with Gasteiger partial charge in [0.15, 0.2) is 11.9 Å². The number of alkyl halides is 3. The molecule has 0 saturated carbocycles. The maximum Gasteiger partial charge on any atom is 0.389 e. The highest BCUT2D eigenvalue weighted by molar-refractivity contribution is 6.16. The molecule has 0 fully saturated rings.